The van der Waals surface area contributed by atoms with Crippen LogP contribution in [0.25, 0.3) is 12.2 Å². The van der Waals surface area contributed by atoms with Gasteiger partial charge < -0.3 is 0 Å². The minimum Gasteiger partial charge on any atom is -0.151 e. The molecule has 0 heterocycles. The molecule has 0 bridgehead atoms. The van der Waals surface area contributed by atoms with Crippen LogP contribution in [-0.2, 0) is 6.42 Å². The highest BCUT2D eigenvalue weighted by atomic mass is 32.1. The Bertz CT molecular complexity index is 411. The highest BCUT2D eigenvalue weighted by Gasteiger charge is 2.06. The predicted molar refractivity (Wildman–Crippen MR) is 66.3 cm³/mol. The molecule has 0 N–H and O–H groups in total. The van der Waals surface area contributed by atoms with Gasteiger partial charge in [0.05, 0.1) is 0 Å². The Labute approximate surface area is 90.1 Å². The Morgan fingerprint density at radius 3 is 3.00 bits per heavy atom. The van der Waals surface area contributed by atoms with E-state index in [4.69, 9.17) is 0 Å². The second-order valence-electron chi connectivity index (χ2n) is 3.23. The van der Waals surface area contributed by atoms with E-state index in [1.165, 1.54) is 16.7 Å². The molecule has 1 aliphatic carbocycles. The molecule has 0 nitrogen and oxygen atoms in total. The van der Waals surface area contributed by atoms with Gasteiger partial charge in [-0.2, -0.15) is 12.6 Å². The van der Waals surface area contributed by atoms with Gasteiger partial charge in [0.25, 0.3) is 0 Å². The van der Waals surface area contributed by atoms with Gasteiger partial charge in [0.1, 0.15) is 0 Å². The molecule has 0 aliphatic heterocycles. The molecule has 2 rings (SSSR count). The third kappa shape index (κ3) is 1.83. The van der Waals surface area contributed by atoms with Crippen molar-refractivity contribution in [1.29, 1.82) is 0 Å². The Hall–Kier alpha value is -1.21. The van der Waals surface area contributed by atoms with Gasteiger partial charge in [-0.1, -0.05) is 48.6 Å². The summed E-state index contributed by atoms with van der Waals surface area (Å²) in [5.74, 6) is 0. The van der Waals surface area contributed by atoms with Crippen LogP contribution in [0.1, 0.15) is 16.7 Å². The van der Waals surface area contributed by atoms with Crippen molar-refractivity contribution in [3.05, 3.63) is 58.5 Å². The van der Waals surface area contributed by atoms with E-state index in [1.54, 1.807) is 5.41 Å². The van der Waals surface area contributed by atoms with Crippen LogP contribution in [-0.4, -0.2) is 0 Å². The van der Waals surface area contributed by atoms with E-state index in [9.17, 15) is 0 Å². The van der Waals surface area contributed by atoms with Crippen molar-refractivity contribution in [2.24, 2.45) is 0 Å². The molecule has 0 radical (unpaired) electrons. The van der Waals surface area contributed by atoms with E-state index < -0.39 is 0 Å². The van der Waals surface area contributed by atoms with Gasteiger partial charge in [-0.15, -0.1) is 0 Å². The summed E-state index contributed by atoms with van der Waals surface area (Å²) < 4.78 is 0. The molecule has 0 aromatic heterocycles. The number of fused-ring (bicyclic) bond motifs is 1. The first-order valence-corrected chi connectivity index (χ1v) is 5.19. The Morgan fingerprint density at radius 1 is 1.21 bits per heavy atom. The van der Waals surface area contributed by atoms with Crippen LogP contribution >= 0.6 is 12.6 Å². The van der Waals surface area contributed by atoms with Crippen LogP contribution < -0.4 is 0 Å². The zero-order valence-electron chi connectivity index (χ0n) is 7.85. The Balaban J connectivity index is 2.34. The summed E-state index contributed by atoms with van der Waals surface area (Å²) in [6.45, 7) is 0. The number of rotatable bonds is 2. The molecule has 0 unspecified atom stereocenters. The van der Waals surface area contributed by atoms with Gasteiger partial charge in [-0.3, -0.25) is 0 Å². The van der Waals surface area contributed by atoms with E-state index in [0.717, 1.165) is 6.42 Å². The van der Waals surface area contributed by atoms with Gasteiger partial charge in [0, 0.05) is 0 Å². The highest BCUT2D eigenvalue weighted by Crippen LogP contribution is 2.23. The summed E-state index contributed by atoms with van der Waals surface area (Å²) in [5, 5.41) is 1.73. The van der Waals surface area contributed by atoms with E-state index in [-0.39, 0.29) is 0 Å². The Morgan fingerprint density at radius 2 is 2.14 bits per heavy atom. The lowest BCUT2D eigenvalue weighted by atomic mass is 10.0. The number of hydrogen-bond donors (Lipinski definition) is 1. The maximum atomic E-state index is 4.00. The van der Waals surface area contributed by atoms with Crippen LogP contribution in [0.2, 0.25) is 0 Å². The first kappa shape index (κ1) is 9.35. The van der Waals surface area contributed by atoms with Crippen molar-refractivity contribution >= 4 is 24.8 Å². The second kappa shape index (κ2) is 4.34. The average Bonchev–Trinajstić information content (AvgIpc) is 2.67. The fourth-order valence-electron chi connectivity index (χ4n) is 1.67. The van der Waals surface area contributed by atoms with Gasteiger partial charge >= 0.3 is 0 Å². The lowest BCUT2D eigenvalue weighted by Crippen LogP contribution is -1.84. The zero-order chi connectivity index (χ0) is 9.80. The Kier molecular flexibility index (Phi) is 2.90. The molecular weight excluding hydrogens is 188 g/mol. The van der Waals surface area contributed by atoms with Gasteiger partial charge in [-0.05, 0) is 28.5 Å². The molecule has 1 aromatic carbocycles. The van der Waals surface area contributed by atoms with Gasteiger partial charge in [0.15, 0.2) is 0 Å². The van der Waals surface area contributed by atoms with Crippen molar-refractivity contribution in [3.8, 4) is 0 Å². The van der Waals surface area contributed by atoms with Gasteiger partial charge in [-0.25, -0.2) is 0 Å². The molecule has 0 fully saturated rings. The first-order chi connectivity index (χ1) is 6.92. The summed E-state index contributed by atoms with van der Waals surface area (Å²) >= 11 is 4.00. The summed E-state index contributed by atoms with van der Waals surface area (Å²) in [7, 11) is 0. The van der Waals surface area contributed by atoms with Crippen LogP contribution in [0.5, 0.6) is 0 Å². The van der Waals surface area contributed by atoms with E-state index >= 15 is 0 Å². The van der Waals surface area contributed by atoms with E-state index in [0.29, 0.717) is 0 Å². The molecule has 1 heteroatoms. The molecule has 70 valence electrons. The largest absolute Gasteiger partial charge is 0.151 e. The maximum absolute atomic E-state index is 4.00. The molecule has 0 amide bonds. The number of benzene rings is 1. The fraction of sp³-hybridized carbons (Fsp3) is 0.0769. The van der Waals surface area contributed by atoms with Crippen LogP contribution in [0.15, 0.2) is 41.8 Å². The van der Waals surface area contributed by atoms with E-state index in [1.807, 2.05) is 12.2 Å². The van der Waals surface area contributed by atoms with Crippen molar-refractivity contribution in [3.63, 3.8) is 0 Å². The summed E-state index contributed by atoms with van der Waals surface area (Å²) in [5.41, 5.74) is 4.06. The van der Waals surface area contributed by atoms with Crippen molar-refractivity contribution in [2.75, 3.05) is 0 Å². The summed E-state index contributed by atoms with van der Waals surface area (Å²) in [4.78, 5) is 0. The topological polar surface area (TPSA) is 0 Å². The highest BCUT2D eigenvalue weighted by molar-refractivity contribution is 7.83. The molecule has 0 spiro atoms. The predicted octanol–water partition coefficient (Wildman–Crippen LogP) is 3.71. The smallest absolute Gasteiger partial charge is 0.00880 e. The maximum Gasteiger partial charge on any atom is -0.00880 e. The molecule has 0 atom stereocenters. The summed E-state index contributed by atoms with van der Waals surface area (Å²) in [6, 6.07) is 6.42. The molecule has 1 aromatic rings. The summed E-state index contributed by atoms with van der Waals surface area (Å²) in [6.07, 6.45) is 11.5. The standard InChI is InChI=1S/C13H12S/c14-10-2-1-5-11-6-3-7-12-8-4-9-13(11)12/h1-7,9-10,14H,8H2/b5-1+,10-2-. The van der Waals surface area contributed by atoms with Crippen LogP contribution in [0.3, 0.4) is 0 Å². The second-order valence-corrected chi connectivity index (χ2v) is 3.53. The lowest BCUT2D eigenvalue weighted by molar-refractivity contribution is 1.31. The quantitative estimate of drug-likeness (QED) is 0.546. The first-order valence-electron chi connectivity index (χ1n) is 4.67. The van der Waals surface area contributed by atoms with E-state index in [2.05, 4.69) is 49.1 Å². The number of allylic oxidation sites excluding steroid dienone is 3. The molecular formula is C13H12S. The minimum absolute atomic E-state index is 1.07. The molecule has 14 heavy (non-hydrogen) atoms. The average molecular weight is 200 g/mol. The van der Waals surface area contributed by atoms with Gasteiger partial charge in [0.2, 0.25) is 0 Å². The normalized spacial score (nSPS) is 14.4. The fourth-order valence-corrected chi connectivity index (χ4v) is 1.77. The number of hydrogen-bond acceptors (Lipinski definition) is 1. The SMILES string of the molecule is S/C=C\C=C\c1cccc2c1C=CC2. The zero-order valence-corrected chi connectivity index (χ0v) is 8.74. The van der Waals surface area contributed by atoms with Crippen LogP contribution in [0, 0.1) is 0 Å². The molecule has 0 saturated heterocycles. The van der Waals surface area contributed by atoms with Crippen molar-refractivity contribution < 1.29 is 0 Å². The minimum atomic E-state index is 1.07. The van der Waals surface area contributed by atoms with Crippen molar-refractivity contribution in [2.45, 2.75) is 6.42 Å². The lowest BCUT2D eigenvalue weighted by Gasteiger charge is -2.01. The molecule has 1 aliphatic rings. The third-order valence-electron chi connectivity index (χ3n) is 2.33. The van der Waals surface area contributed by atoms with Crippen molar-refractivity contribution in [1.82, 2.24) is 0 Å². The molecule has 0 saturated carbocycles. The third-order valence-corrected chi connectivity index (χ3v) is 2.50. The number of thiol groups is 1. The monoisotopic (exact) mass is 200 g/mol. The van der Waals surface area contributed by atoms with Crippen LogP contribution in [0.4, 0.5) is 0 Å².